The first-order chi connectivity index (χ1) is 10.2. The van der Waals surface area contributed by atoms with Crippen molar-refractivity contribution in [3.8, 4) is 16.9 Å². The molecule has 0 amide bonds. The van der Waals surface area contributed by atoms with Crippen LogP contribution in [0.5, 0.6) is 0 Å². The topological polar surface area (TPSA) is 56.7 Å². The molecular formula is C15H13ClFIN4. The molecule has 0 saturated carbocycles. The average molecular weight is 431 g/mol. The first-order valence-electron chi connectivity index (χ1n) is 6.32. The number of aromatic nitrogens is 3. The van der Waals surface area contributed by atoms with Crippen molar-refractivity contribution in [2.24, 2.45) is 5.73 Å². The number of benzene rings is 1. The Labute approximate surface area is 147 Å². The molecule has 0 radical (unpaired) electrons. The van der Waals surface area contributed by atoms with Crippen LogP contribution in [0.25, 0.3) is 16.9 Å². The summed E-state index contributed by atoms with van der Waals surface area (Å²) in [6, 6.07) is 8.62. The Hall–Kier alpha value is -1.51. The van der Waals surface area contributed by atoms with Gasteiger partial charge in [0.1, 0.15) is 5.82 Å². The van der Waals surface area contributed by atoms with E-state index in [1.807, 2.05) is 24.4 Å². The van der Waals surface area contributed by atoms with Crippen LogP contribution in [0.2, 0.25) is 0 Å². The molecule has 0 spiro atoms. The lowest BCUT2D eigenvalue weighted by Gasteiger charge is -2.02. The molecule has 0 atom stereocenters. The van der Waals surface area contributed by atoms with Crippen molar-refractivity contribution in [3.63, 3.8) is 0 Å². The molecule has 0 aliphatic rings. The average Bonchev–Trinajstić information content (AvgIpc) is 2.97. The highest BCUT2D eigenvalue weighted by Crippen LogP contribution is 2.22. The summed E-state index contributed by atoms with van der Waals surface area (Å²) in [5.41, 5.74) is 7.91. The van der Waals surface area contributed by atoms with Crippen LogP contribution in [0.15, 0.2) is 48.9 Å². The lowest BCUT2D eigenvalue weighted by atomic mass is 10.1. The Kier molecular flexibility index (Phi) is 5.49. The van der Waals surface area contributed by atoms with E-state index in [9.17, 15) is 4.39 Å². The monoisotopic (exact) mass is 430 g/mol. The van der Waals surface area contributed by atoms with Gasteiger partial charge in [-0.3, -0.25) is 0 Å². The maximum Gasteiger partial charge on any atom is 0.153 e. The van der Waals surface area contributed by atoms with Crippen LogP contribution in [0, 0.1) is 9.39 Å². The molecule has 114 valence electrons. The molecule has 3 aromatic rings. The zero-order valence-corrected chi connectivity index (χ0v) is 14.4. The molecule has 2 N–H and O–H groups in total. The third-order valence-corrected chi connectivity index (χ3v) is 3.69. The van der Waals surface area contributed by atoms with E-state index in [1.165, 1.54) is 12.1 Å². The van der Waals surface area contributed by atoms with Crippen LogP contribution in [-0.4, -0.2) is 14.8 Å². The molecule has 7 heteroatoms. The zero-order valence-electron chi connectivity index (χ0n) is 11.4. The van der Waals surface area contributed by atoms with Gasteiger partial charge in [0.15, 0.2) is 5.82 Å². The lowest BCUT2D eigenvalue weighted by molar-refractivity contribution is 0.626. The molecule has 0 aliphatic heterocycles. The highest BCUT2D eigenvalue weighted by atomic mass is 127. The fourth-order valence-corrected chi connectivity index (χ4v) is 2.35. The minimum atomic E-state index is -0.298. The predicted molar refractivity (Wildman–Crippen MR) is 94.6 cm³/mol. The van der Waals surface area contributed by atoms with Crippen molar-refractivity contribution in [1.82, 2.24) is 14.8 Å². The molecule has 2 heterocycles. The fourth-order valence-electron chi connectivity index (χ4n) is 2.04. The van der Waals surface area contributed by atoms with Gasteiger partial charge in [-0.05, 0) is 64.0 Å². The molecule has 0 aliphatic carbocycles. The summed E-state index contributed by atoms with van der Waals surface area (Å²) in [7, 11) is 0. The van der Waals surface area contributed by atoms with E-state index in [0.717, 1.165) is 26.1 Å². The maximum absolute atomic E-state index is 13.6. The van der Waals surface area contributed by atoms with E-state index in [-0.39, 0.29) is 18.2 Å². The Morgan fingerprint density at radius 3 is 2.64 bits per heavy atom. The van der Waals surface area contributed by atoms with Gasteiger partial charge in [-0.1, -0.05) is 0 Å². The highest BCUT2D eigenvalue weighted by molar-refractivity contribution is 14.1. The standard InChI is InChI=1S/C15H12FIN4.ClH/c16-13-4-10(6-18)3-11(5-13)12-7-20-21(9-12)15-2-1-14(17)8-19-15;/h1-5,7-9H,6,18H2;1H. The largest absolute Gasteiger partial charge is 0.326 e. The van der Waals surface area contributed by atoms with Gasteiger partial charge in [-0.2, -0.15) is 5.10 Å². The van der Waals surface area contributed by atoms with Gasteiger partial charge >= 0.3 is 0 Å². The molecule has 3 rings (SSSR count). The van der Waals surface area contributed by atoms with Crippen LogP contribution in [0.4, 0.5) is 4.39 Å². The van der Waals surface area contributed by atoms with Crippen molar-refractivity contribution in [3.05, 3.63) is 63.9 Å². The Morgan fingerprint density at radius 2 is 1.95 bits per heavy atom. The van der Waals surface area contributed by atoms with Gasteiger partial charge in [0.2, 0.25) is 0 Å². The summed E-state index contributed by atoms with van der Waals surface area (Å²) in [5.74, 6) is 0.421. The van der Waals surface area contributed by atoms with Crippen LogP contribution in [0.1, 0.15) is 5.56 Å². The van der Waals surface area contributed by atoms with Crippen molar-refractivity contribution >= 4 is 35.0 Å². The third kappa shape index (κ3) is 3.63. The second-order valence-electron chi connectivity index (χ2n) is 4.56. The number of halogens is 3. The van der Waals surface area contributed by atoms with Gasteiger partial charge < -0.3 is 5.73 Å². The quantitative estimate of drug-likeness (QED) is 0.647. The fraction of sp³-hybridized carbons (Fsp3) is 0.0667. The first kappa shape index (κ1) is 16.9. The Bertz CT molecular complexity index is 773. The third-order valence-electron chi connectivity index (χ3n) is 3.06. The molecule has 2 aromatic heterocycles. The molecule has 0 bridgehead atoms. The van der Waals surface area contributed by atoms with Gasteiger partial charge in [-0.15, -0.1) is 12.4 Å². The Morgan fingerprint density at radius 1 is 1.14 bits per heavy atom. The van der Waals surface area contributed by atoms with Crippen molar-refractivity contribution in [2.45, 2.75) is 6.54 Å². The summed E-state index contributed by atoms with van der Waals surface area (Å²) in [4.78, 5) is 4.31. The molecule has 0 fully saturated rings. The van der Waals surface area contributed by atoms with Gasteiger partial charge in [0.05, 0.1) is 6.20 Å². The summed E-state index contributed by atoms with van der Waals surface area (Å²) in [6.07, 6.45) is 5.28. The van der Waals surface area contributed by atoms with E-state index in [0.29, 0.717) is 6.54 Å². The van der Waals surface area contributed by atoms with E-state index < -0.39 is 0 Å². The maximum atomic E-state index is 13.6. The minimum absolute atomic E-state index is 0. The second kappa shape index (κ2) is 7.17. The SMILES string of the molecule is Cl.NCc1cc(F)cc(-c2cnn(-c3ccc(I)cn3)c2)c1. The van der Waals surface area contributed by atoms with Crippen LogP contribution in [-0.2, 0) is 6.54 Å². The summed E-state index contributed by atoms with van der Waals surface area (Å²) in [6.45, 7) is 0.303. The number of rotatable bonds is 3. The summed E-state index contributed by atoms with van der Waals surface area (Å²) >= 11 is 2.20. The molecule has 0 unspecified atom stereocenters. The van der Waals surface area contributed by atoms with E-state index in [1.54, 1.807) is 17.1 Å². The van der Waals surface area contributed by atoms with Crippen LogP contribution < -0.4 is 5.73 Å². The minimum Gasteiger partial charge on any atom is -0.326 e. The van der Waals surface area contributed by atoms with Crippen LogP contribution >= 0.6 is 35.0 Å². The zero-order chi connectivity index (χ0) is 14.8. The number of hydrogen-bond acceptors (Lipinski definition) is 3. The van der Waals surface area contributed by atoms with E-state index in [4.69, 9.17) is 5.73 Å². The van der Waals surface area contributed by atoms with Crippen LogP contribution in [0.3, 0.4) is 0 Å². The molecule has 1 aromatic carbocycles. The van der Waals surface area contributed by atoms with E-state index in [2.05, 4.69) is 32.7 Å². The Balaban J connectivity index is 0.00000176. The summed E-state index contributed by atoms with van der Waals surface area (Å²) in [5, 5.41) is 4.28. The number of nitrogens with two attached hydrogens (primary N) is 1. The number of hydrogen-bond donors (Lipinski definition) is 1. The lowest BCUT2D eigenvalue weighted by Crippen LogP contribution is -1.97. The van der Waals surface area contributed by atoms with Gasteiger partial charge in [0.25, 0.3) is 0 Å². The predicted octanol–water partition coefficient (Wildman–Crippen LogP) is 3.56. The van der Waals surface area contributed by atoms with Crippen molar-refractivity contribution in [2.75, 3.05) is 0 Å². The smallest absolute Gasteiger partial charge is 0.153 e. The molecule has 22 heavy (non-hydrogen) atoms. The van der Waals surface area contributed by atoms with E-state index >= 15 is 0 Å². The number of pyridine rings is 1. The van der Waals surface area contributed by atoms with Gasteiger partial charge in [-0.25, -0.2) is 14.1 Å². The molecule has 4 nitrogen and oxygen atoms in total. The van der Waals surface area contributed by atoms with Crippen molar-refractivity contribution in [1.29, 1.82) is 0 Å². The molecule has 0 saturated heterocycles. The summed E-state index contributed by atoms with van der Waals surface area (Å²) < 4.78 is 16.3. The van der Waals surface area contributed by atoms with Crippen molar-refractivity contribution < 1.29 is 4.39 Å². The number of nitrogens with zero attached hydrogens (tertiary/aromatic N) is 3. The second-order valence-corrected chi connectivity index (χ2v) is 5.81. The first-order valence-corrected chi connectivity index (χ1v) is 7.40. The molecular weight excluding hydrogens is 418 g/mol. The van der Waals surface area contributed by atoms with Gasteiger partial charge in [0, 0.05) is 28.1 Å². The highest BCUT2D eigenvalue weighted by Gasteiger charge is 2.07. The normalized spacial score (nSPS) is 10.3.